The van der Waals surface area contributed by atoms with E-state index in [0.717, 1.165) is 22.2 Å². The molecule has 1 N–H and O–H groups in total. The second-order valence-electron chi connectivity index (χ2n) is 4.65. The number of aromatic nitrogens is 2. The largest absolute Gasteiger partial charge is 0.507 e. The van der Waals surface area contributed by atoms with Crippen LogP contribution in [0.4, 0.5) is 0 Å². The average Bonchev–Trinajstić information content (AvgIpc) is 2.88. The van der Waals surface area contributed by atoms with Crippen molar-refractivity contribution >= 4 is 22.6 Å². The van der Waals surface area contributed by atoms with Crippen molar-refractivity contribution in [3.63, 3.8) is 0 Å². The molecule has 0 radical (unpaired) electrons. The topological polar surface area (TPSA) is 59.2 Å². The van der Waals surface area contributed by atoms with Crippen LogP contribution in [-0.2, 0) is 5.41 Å². The smallest absolute Gasteiger partial charge is 0.261 e. The van der Waals surface area contributed by atoms with Gasteiger partial charge in [-0.3, -0.25) is 0 Å². The molecule has 1 heterocycles. The normalized spacial score (nSPS) is 17.1. The molecule has 1 aromatic carbocycles. The lowest BCUT2D eigenvalue weighted by Gasteiger charge is -2.00. The molecule has 5 heteroatoms. The molecule has 0 amide bonds. The summed E-state index contributed by atoms with van der Waals surface area (Å²) in [6.45, 7) is 2.12. The molecular formula is C12H11IN2O2. The Morgan fingerprint density at radius 1 is 1.41 bits per heavy atom. The molecule has 88 valence electrons. The van der Waals surface area contributed by atoms with E-state index >= 15 is 0 Å². The first kappa shape index (κ1) is 11.0. The number of phenols is 1. The third-order valence-corrected chi connectivity index (χ3v) is 3.83. The van der Waals surface area contributed by atoms with E-state index in [1.165, 1.54) is 0 Å². The van der Waals surface area contributed by atoms with Crippen LogP contribution in [0.25, 0.3) is 11.5 Å². The van der Waals surface area contributed by atoms with Crippen LogP contribution in [0, 0.1) is 3.57 Å². The van der Waals surface area contributed by atoms with Crippen molar-refractivity contribution in [2.75, 3.05) is 0 Å². The molecule has 1 saturated carbocycles. The van der Waals surface area contributed by atoms with E-state index in [2.05, 4.69) is 39.7 Å². The molecule has 0 bridgehead atoms. The van der Waals surface area contributed by atoms with Crippen molar-refractivity contribution < 1.29 is 9.63 Å². The summed E-state index contributed by atoms with van der Waals surface area (Å²) in [7, 11) is 0. The molecule has 1 aliphatic rings. The number of nitrogens with zero attached hydrogens (tertiary/aromatic N) is 2. The van der Waals surface area contributed by atoms with Crippen LogP contribution < -0.4 is 0 Å². The van der Waals surface area contributed by atoms with Gasteiger partial charge in [-0.15, -0.1) is 0 Å². The van der Waals surface area contributed by atoms with E-state index < -0.39 is 0 Å². The molecule has 17 heavy (non-hydrogen) atoms. The number of phenolic OH excluding ortho intramolecular Hbond substituents is 1. The fourth-order valence-electron chi connectivity index (χ4n) is 1.67. The monoisotopic (exact) mass is 342 g/mol. The Balaban J connectivity index is 2.03. The standard InChI is InChI=1S/C12H11IN2O2/c1-12(4-5-12)11-14-10(17-15-11)8-6-7(13)2-3-9(8)16/h2-3,6,16H,4-5H2,1H3. The van der Waals surface area contributed by atoms with E-state index in [-0.39, 0.29) is 11.2 Å². The quantitative estimate of drug-likeness (QED) is 0.852. The molecule has 4 nitrogen and oxygen atoms in total. The minimum absolute atomic E-state index is 0.0826. The number of rotatable bonds is 2. The van der Waals surface area contributed by atoms with Gasteiger partial charge in [-0.25, -0.2) is 0 Å². The summed E-state index contributed by atoms with van der Waals surface area (Å²) >= 11 is 2.18. The summed E-state index contributed by atoms with van der Waals surface area (Å²) in [5, 5.41) is 13.8. The highest BCUT2D eigenvalue weighted by atomic mass is 127. The van der Waals surface area contributed by atoms with Crippen molar-refractivity contribution in [3.8, 4) is 17.2 Å². The molecule has 2 aromatic rings. The summed E-state index contributed by atoms with van der Waals surface area (Å²) in [4.78, 5) is 4.38. The first-order valence-electron chi connectivity index (χ1n) is 5.42. The molecule has 1 aromatic heterocycles. The molecule has 0 unspecified atom stereocenters. The lowest BCUT2D eigenvalue weighted by Crippen LogP contribution is -2.01. The molecule has 1 fully saturated rings. The number of benzene rings is 1. The Labute approximate surface area is 112 Å². The fourth-order valence-corrected chi connectivity index (χ4v) is 2.16. The minimum Gasteiger partial charge on any atom is -0.507 e. The van der Waals surface area contributed by atoms with Gasteiger partial charge in [0.15, 0.2) is 5.82 Å². The van der Waals surface area contributed by atoms with Crippen molar-refractivity contribution in [1.82, 2.24) is 10.1 Å². The van der Waals surface area contributed by atoms with Crippen LogP contribution in [0.2, 0.25) is 0 Å². The predicted molar refractivity (Wildman–Crippen MR) is 70.7 cm³/mol. The highest BCUT2D eigenvalue weighted by molar-refractivity contribution is 14.1. The van der Waals surface area contributed by atoms with Crippen LogP contribution >= 0.6 is 22.6 Å². The van der Waals surface area contributed by atoms with Gasteiger partial charge in [0.2, 0.25) is 0 Å². The third kappa shape index (κ3) is 1.92. The van der Waals surface area contributed by atoms with Crippen LogP contribution in [0.1, 0.15) is 25.6 Å². The zero-order valence-electron chi connectivity index (χ0n) is 9.27. The molecule has 1 aliphatic carbocycles. The van der Waals surface area contributed by atoms with Crippen molar-refractivity contribution in [3.05, 3.63) is 27.6 Å². The van der Waals surface area contributed by atoms with Crippen LogP contribution in [0.5, 0.6) is 5.75 Å². The van der Waals surface area contributed by atoms with Gasteiger partial charge in [-0.2, -0.15) is 4.98 Å². The van der Waals surface area contributed by atoms with Gasteiger partial charge in [0.25, 0.3) is 5.89 Å². The first-order valence-corrected chi connectivity index (χ1v) is 6.49. The van der Waals surface area contributed by atoms with Crippen molar-refractivity contribution in [1.29, 1.82) is 0 Å². The van der Waals surface area contributed by atoms with Gasteiger partial charge in [0, 0.05) is 8.99 Å². The predicted octanol–water partition coefficient (Wildman–Crippen LogP) is 3.10. The Morgan fingerprint density at radius 2 is 2.18 bits per heavy atom. The maximum Gasteiger partial charge on any atom is 0.261 e. The maximum atomic E-state index is 9.78. The Kier molecular flexibility index (Phi) is 2.39. The molecular weight excluding hydrogens is 331 g/mol. The highest BCUT2D eigenvalue weighted by Crippen LogP contribution is 2.46. The number of hydrogen-bond donors (Lipinski definition) is 1. The van der Waals surface area contributed by atoms with Crippen LogP contribution in [0.15, 0.2) is 22.7 Å². The Bertz CT molecular complexity index is 576. The van der Waals surface area contributed by atoms with Crippen molar-refractivity contribution in [2.45, 2.75) is 25.2 Å². The maximum absolute atomic E-state index is 9.78. The Morgan fingerprint density at radius 3 is 2.88 bits per heavy atom. The number of aromatic hydroxyl groups is 1. The number of hydrogen-bond acceptors (Lipinski definition) is 4. The highest BCUT2D eigenvalue weighted by Gasteiger charge is 2.43. The first-order chi connectivity index (χ1) is 8.08. The summed E-state index contributed by atoms with van der Waals surface area (Å²) in [6.07, 6.45) is 2.20. The average molecular weight is 342 g/mol. The second-order valence-corrected chi connectivity index (χ2v) is 5.89. The lowest BCUT2D eigenvalue weighted by molar-refractivity contribution is 0.411. The third-order valence-electron chi connectivity index (χ3n) is 3.15. The van der Waals surface area contributed by atoms with Gasteiger partial charge < -0.3 is 9.63 Å². The van der Waals surface area contributed by atoms with Crippen LogP contribution in [0.3, 0.4) is 0 Å². The van der Waals surface area contributed by atoms with Crippen molar-refractivity contribution in [2.24, 2.45) is 0 Å². The van der Waals surface area contributed by atoms with Gasteiger partial charge in [-0.1, -0.05) is 12.1 Å². The molecule has 0 saturated heterocycles. The summed E-state index contributed by atoms with van der Waals surface area (Å²) in [5.41, 5.74) is 0.680. The fraction of sp³-hybridized carbons (Fsp3) is 0.333. The summed E-state index contributed by atoms with van der Waals surface area (Å²) in [6, 6.07) is 5.31. The van der Waals surface area contributed by atoms with E-state index in [9.17, 15) is 5.11 Å². The van der Waals surface area contributed by atoms with E-state index in [0.29, 0.717) is 11.5 Å². The minimum atomic E-state index is 0.0826. The van der Waals surface area contributed by atoms with Gasteiger partial charge in [-0.05, 0) is 53.6 Å². The summed E-state index contributed by atoms with van der Waals surface area (Å²) in [5.74, 6) is 1.30. The van der Waals surface area contributed by atoms with Gasteiger partial charge in [0.05, 0.1) is 5.56 Å². The van der Waals surface area contributed by atoms with Gasteiger partial charge >= 0.3 is 0 Å². The molecule has 0 aliphatic heterocycles. The zero-order valence-corrected chi connectivity index (χ0v) is 11.4. The SMILES string of the molecule is CC1(c2noc(-c3cc(I)ccc3O)n2)CC1. The molecule has 3 rings (SSSR count). The molecule has 0 spiro atoms. The number of halogens is 1. The second kappa shape index (κ2) is 3.69. The zero-order chi connectivity index (χ0) is 12.0. The van der Waals surface area contributed by atoms with E-state index in [1.54, 1.807) is 6.07 Å². The van der Waals surface area contributed by atoms with E-state index in [4.69, 9.17) is 4.52 Å². The van der Waals surface area contributed by atoms with Crippen LogP contribution in [-0.4, -0.2) is 15.2 Å². The molecule has 0 atom stereocenters. The van der Waals surface area contributed by atoms with E-state index in [1.807, 2.05) is 12.1 Å². The Hall–Kier alpha value is -1.11. The van der Waals surface area contributed by atoms with Gasteiger partial charge in [0.1, 0.15) is 5.75 Å². The lowest BCUT2D eigenvalue weighted by atomic mass is 10.1. The summed E-state index contributed by atoms with van der Waals surface area (Å²) < 4.78 is 6.25.